The number of aromatic nitrogens is 1. The number of amides is 1. The summed E-state index contributed by atoms with van der Waals surface area (Å²) in [4.78, 5) is 21.7. The van der Waals surface area contributed by atoms with Crippen molar-refractivity contribution in [3.05, 3.63) is 29.5 Å². The molecule has 3 atom stereocenters. The molecule has 1 amide bonds. The minimum absolute atomic E-state index is 0.0154. The van der Waals surface area contributed by atoms with Gasteiger partial charge in [0.15, 0.2) is 6.23 Å². The molecule has 3 N–H and O–H groups in total. The van der Waals surface area contributed by atoms with Crippen LogP contribution in [-0.2, 0) is 9.53 Å². The summed E-state index contributed by atoms with van der Waals surface area (Å²) in [6.07, 6.45) is 5.68. The number of carbonyl (C=O) groups is 1. The Morgan fingerprint density at radius 1 is 1.31 bits per heavy atom. The van der Waals surface area contributed by atoms with Crippen molar-refractivity contribution >= 4 is 17.5 Å². The fraction of sp³-hybridized carbons (Fsp3) is 0.667. The lowest BCUT2D eigenvalue weighted by molar-refractivity contribution is -0.119. The van der Waals surface area contributed by atoms with E-state index >= 15 is 0 Å². The second kappa shape index (κ2) is 8.32. The van der Waals surface area contributed by atoms with Gasteiger partial charge >= 0.3 is 0 Å². The molecule has 1 saturated carbocycles. The minimum atomic E-state index is -1.24. The first-order valence-corrected chi connectivity index (χ1v) is 11.8. The van der Waals surface area contributed by atoms with Gasteiger partial charge in [-0.15, -0.1) is 0 Å². The monoisotopic (exact) mass is 442 g/mol. The number of rotatable bonds is 5. The van der Waals surface area contributed by atoms with Gasteiger partial charge in [-0.3, -0.25) is 9.69 Å². The first-order valence-electron chi connectivity index (χ1n) is 11.8. The van der Waals surface area contributed by atoms with Gasteiger partial charge in [0.1, 0.15) is 17.2 Å². The third kappa shape index (κ3) is 4.00. The van der Waals surface area contributed by atoms with Crippen molar-refractivity contribution in [2.24, 2.45) is 5.41 Å². The van der Waals surface area contributed by atoms with Gasteiger partial charge in [0, 0.05) is 37.9 Å². The Hall–Kier alpha value is -2.16. The van der Waals surface area contributed by atoms with Crippen molar-refractivity contribution in [1.82, 2.24) is 15.2 Å². The summed E-state index contributed by atoms with van der Waals surface area (Å²) in [5.74, 6) is -0.0685. The topological polar surface area (TPSA) is 98.2 Å². The Morgan fingerprint density at radius 3 is 2.78 bits per heavy atom. The third-order valence-electron chi connectivity index (χ3n) is 7.68. The highest BCUT2D eigenvalue weighted by Gasteiger charge is 2.41. The lowest BCUT2D eigenvalue weighted by Crippen LogP contribution is -2.50. The molecule has 174 valence electrons. The molecule has 0 spiro atoms. The largest absolute Gasteiger partial charge is 0.507 e. The first-order chi connectivity index (χ1) is 15.3. The summed E-state index contributed by atoms with van der Waals surface area (Å²) in [7, 11) is 0. The zero-order valence-electron chi connectivity index (χ0n) is 19.0. The zero-order valence-corrected chi connectivity index (χ0v) is 19.0. The van der Waals surface area contributed by atoms with Crippen molar-refractivity contribution < 1.29 is 19.7 Å². The number of pyridine rings is 1. The van der Waals surface area contributed by atoms with Crippen LogP contribution in [-0.4, -0.2) is 76.7 Å². The average Bonchev–Trinajstić information content (AvgIpc) is 3.39. The predicted octanol–water partition coefficient (Wildman–Crippen LogP) is 2.05. The van der Waals surface area contributed by atoms with Crippen LogP contribution >= 0.6 is 0 Å². The number of fused-ring (bicyclic) bond motifs is 3. The summed E-state index contributed by atoms with van der Waals surface area (Å²) in [6, 6.07) is 3.97. The van der Waals surface area contributed by atoms with Gasteiger partial charge in [0.05, 0.1) is 18.3 Å². The van der Waals surface area contributed by atoms with E-state index in [4.69, 9.17) is 4.74 Å². The SMILES string of the molecule is CC1(C)CCC(NC(=O)C2=C(O)c3cccnc3N(CCN3CC4CC3CO4)C2O)CC1. The number of hydrogen-bond donors (Lipinski definition) is 3. The lowest BCUT2D eigenvalue weighted by Gasteiger charge is -2.38. The van der Waals surface area contributed by atoms with E-state index in [9.17, 15) is 15.0 Å². The van der Waals surface area contributed by atoms with Crippen molar-refractivity contribution in [1.29, 1.82) is 0 Å². The predicted molar refractivity (Wildman–Crippen MR) is 121 cm³/mol. The van der Waals surface area contributed by atoms with Crippen molar-refractivity contribution in [2.45, 2.75) is 70.4 Å². The molecule has 0 radical (unpaired) electrons. The van der Waals surface area contributed by atoms with E-state index < -0.39 is 12.1 Å². The van der Waals surface area contributed by atoms with Crippen LogP contribution in [0.4, 0.5) is 5.82 Å². The number of aliphatic hydroxyl groups excluding tert-OH is 2. The number of likely N-dealkylation sites (tertiary alicyclic amines) is 1. The van der Waals surface area contributed by atoms with Crippen LogP contribution in [0.5, 0.6) is 0 Å². The van der Waals surface area contributed by atoms with Gasteiger partial charge in [-0.25, -0.2) is 4.98 Å². The van der Waals surface area contributed by atoms with E-state index in [0.29, 0.717) is 35.5 Å². The van der Waals surface area contributed by atoms with Gasteiger partial charge < -0.3 is 25.2 Å². The Morgan fingerprint density at radius 2 is 2.09 bits per heavy atom. The number of carbonyl (C=O) groups excluding carboxylic acids is 1. The van der Waals surface area contributed by atoms with E-state index in [1.54, 1.807) is 23.2 Å². The molecule has 1 aliphatic carbocycles. The molecule has 3 unspecified atom stereocenters. The van der Waals surface area contributed by atoms with Gasteiger partial charge in [0.2, 0.25) is 0 Å². The summed E-state index contributed by atoms with van der Waals surface area (Å²) in [5, 5.41) is 25.2. The normalized spacial score (nSPS) is 30.0. The molecule has 8 nitrogen and oxygen atoms in total. The number of nitrogens with zero attached hydrogens (tertiary/aromatic N) is 3. The molecule has 1 aromatic heterocycles. The maximum Gasteiger partial charge on any atom is 0.255 e. The van der Waals surface area contributed by atoms with Crippen LogP contribution < -0.4 is 10.2 Å². The fourth-order valence-electron chi connectivity index (χ4n) is 5.60. The van der Waals surface area contributed by atoms with Crippen LogP contribution in [0, 0.1) is 5.41 Å². The molecule has 3 aliphatic heterocycles. The Balaban J connectivity index is 1.33. The Labute approximate surface area is 189 Å². The van der Waals surface area contributed by atoms with E-state index in [-0.39, 0.29) is 17.4 Å². The molecule has 4 aliphatic rings. The molecule has 1 aromatic rings. The average molecular weight is 443 g/mol. The fourth-order valence-corrected chi connectivity index (χ4v) is 5.60. The van der Waals surface area contributed by atoms with Crippen molar-refractivity contribution in [3.63, 3.8) is 0 Å². The number of nitrogens with one attached hydrogen (secondary N) is 1. The van der Waals surface area contributed by atoms with Gasteiger partial charge in [-0.05, 0) is 49.7 Å². The lowest BCUT2D eigenvalue weighted by atomic mass is 9.75. The second-order valence-corrected chi connectivity index (χ2v) is 10.5. The van der Waals surface area contributed by atoms with Crippen molar-refractivity contribution in [3.8, 4) is 0 Å². The highest BCUT2D eigenvalue weighted by molar-refractivity contribution is 6.03. The second-order valence-electron chi connectivity index (χ2n) is 10.5. The number of hydrogen-bond acceptors (Lipinski definition) is 7. The molecule has 2 bridgehead atoms. The summed E-state index contributed by atoms with van der Waals surface area (Å²) >= 11 is 0. The quantitative estimate of drug-likeness (QED) is 0.642. The Kier molecular flexibility index (Phi) is 5.63. The van der Waals surface area contributed by atoms with E-state index in [1.807, 2.05) is 0 Å². The highest BCUT2D eigenvalue weighted by Crippen LogP contribution is 2.37. The molecular weight excluding hydrogens is 408 g/mol. The maximum atomic E-state index is 13.2. The number of aliphatic hydroxyl groups is 2. The third-order valence-corrected chi connectivity index (χ3v) is 7.68. The summed E-state index contributed by atoms with van der Waals surface area (Å²) in [6.45, 7) is 7.42. The van der Waals surface area contributed by atoms with Crippen molar-refractivity contribution in [2.75, 3.05) is 31.1 Å². The van der Waals surface area contributed by atoms with Crippen LogP contribution in [0.2, 0.25) is 0 Å². The molecule has 5 rings (SSSR count). The highest BCUT2D eigenvalue weighted by atomic mass is 16.5. The molecule has 32 heavy (non-hydrogen) atoms. The van der Waals surface area contributed by atoms with Gasteiger partial charge in [-0.2, -0.15) is 0 Å². The number of anilines is 1. The Bertz CT molecular complexity index is 907. The molecule has 3 fully saturated rings. The smallest absolute Gasteiger partial charge is 0.255 e. The van der Waals surface area contributed by atoms with E-state index in [0.717, 1.165) is 51.8 Å². The molecule has 2 saturated heterocycles. The first kappa shape index (κ1) is 21.7. The van der Waals surface area contributed by atoms with Crippen LogP contribution in [0.15, 0.2) is 23.9 Å². The van der Waals surface area contributed by atoms with E-state index in [2.05, 4.69) is 29.0 Å². The standard InChI is InChI=1S/C24H34N4O4/c1-24(2)7-5-15(6-8-24)26-22(30)19-20(29)18-4-3-9-25-21(18)28(23(19)31)11-10-27-13-17-12-16(27)14-32-17/h3-4,9,15-17,23,29,31H,5-8,10-14H2,1-2H3,(H,26,30). The summed E-state index contributed by atoms with van der Waals surface area (Å²) in [5.41, 5.74) is 0.801. The van der Waals surface area contributed by atoms with Crippen LogP contribution in [0.1, 0.15) is 51.5 Å². The molecule has 0 aromatic carbocycles. The summed E-state index contributed by atoms with van der Waals surface area (Å²) < 4.78 is 5.69. The maximum absolute atomic E-state index is 13.2. The molecular formula is C24H34N4O4. The molecule has 4 heterocycles. The molecule has 8 heteroatoms. The minimum Gasteiger partial charge on any atom is -0.507 e. The van der Waals surface area contributed by atoms with Crippen LogP contribution in [0.25, 0.3) is 5.76 Å². The number of morpholine rings is 1. The van der Waals surface area contributed by atoms with Gasteiger partial charge in [0.25, 0.3) is 5.91 Å². The van der Waals surface area contributed by atoms with Crippen LogP contribution in [0.3, 0.4) is 0 Å². The van der Waals surface area contributed by atoms with E-state index in [1.165, 1.54) is 0 Å². The van der Waals surface area contributed by atoms with Gasteiger partial charge in [-0.1, -0.05) is 13.8 Å². The number of ether oxygens (including phenoxy) is 1. The zero-order chi connectivity index (χ0) is 22.5.